The average Bonchev–Trinajstić information content (AvgIpc) is 3.25. The minimum Gasteiger partial charge on any atom is -0.324 e. The lowest BCUT2D eigenvalue weighted by Gasteiger charge is -2.28. The van der Waals surface area contributed by atoms with Crippen molar-refractivity contribution in [3.8, 4) is 11.3 Å². The number of hydrogen-bond donors (Lipinski definition) is 2. The van der Waals surface area contributed by atoms with Crippen LogP contribution < -0.4 is 5.32 Å². The summed E-state index contributed by atoms with van der Waals surface area (Å²) in [5.74, 6) is -0.573. The molecule has 140 valence electrons. The number of alkyl halides is 1. The summed E-state index contributed by atoms with van der Waals surface area (Å²) in [6.45, 7) is 2.49. The summed E-state index contributed by atoms with van der Waals surface area (Å²) in [6, 6.07) is 9.40. The number of aromatic nitrogens is 2. The van der Waals surface area contributed by atoms with E-state index in [1.807, 2.05) is 30.3 Å². The van der Waals surface area contributed by atoms with E-state index in [0.717, 1.165) is 9.87 Å². The minimum atomic E-state index is -4.00. The lowest BCUT2D eigenvalue weighted by Crippen LogP contribution is -2.51. The van der Waals surface area contributed by atoms with Gasteiger partial charge in [0.1, 0.15) is 6.17 Å². The number of carbonyl (C=O) groups excluding carboxylic acids is 1. The smallest absolute Gasteiger partial charge is 0.248 e. The highest BCUT2D eigenvalue weighted by atomic mass is 32.2. The Morgan fingerprint density at radius 2 is 2.04 bits per heavy atom. The van der Waals surface area contributed by atoms with Crippen LogP contribution in [-0.4, -0.2) is 52.6 Å². The largest absolute Gasteiger partial charge is 0.324 e. The summed E-state index contributed by atoms with van der Waals surface area (Å²) in [7, 11) is -4.00. The molecule has 0 aliphatic carbocycles. The number of sulfonamides is 1. The third-order valence-electron chi connectivity index (χ3n) is 4.52. The molecule has 1 aromatic carbocycles. The zero-order chi connectivity index (χ0) is 18.9. The predicted molar refractivity (Wildman–Crippen MR) is 96.7 cm³/mol. The van der Waals surface area contributed by atoms with Gasteiger partial charge in [0.15, 0.2) is 4.75 Å². The highest BCUT2D eigenvalue weighted by molar-refractivity contribution is 7.91. The number of rotatable bonds is 5. The number of carbonyl (C=O) groups is 1. The number of amides is 1. The zero-order valence-corrected chi connectivity index (χ0v) is 15.4. The van der Waals surface area contributed by atoms with Gasteiger partial charge in [0.05, 0.1) is 11.9 Å². The van der Waals surface area contributed by atoms with E-state index in [1.54, 1.807) is 6.20 Å². The first kappa shape index (κ1) is 18.5. The number of imidazole rings is 1. The fourth-order valence-electron chi connectivity index (χ4n) is 2.75. The molecule has 1 amide bonds. The number of benzene rings is 1. The summed E-state index contributed by atoms with van der Waals surface area (Å²) >= 11 is 0. The molecule has 7 nitrogen and oxygen atoms in total. The van der Waals surface area contributed by atoms with E-state index in [9.17, 15) is 17.6 Å². The molecule has 26 heavy (non-hydrogen) atoms. The molecule has 2 N–H and O–H groups in total. The van der Waals surface area contributed by atoms with Crippen LogP contribution in [0.5, 0.6) is 0 Å². The van der Waals surface area contributed by atoms with Crippen LogP contribution >= 0.6 is 0 Å². The van der Waals surface area contributed by atoms with Crippen molar-refractivity contribution in [2.45, 2.75) is 31.2 Å². The third kappa shape index (κ3) is 3.36. The Kier molecular flexibility index (Phi) is 4.85. The molecule has 1 aromatic heterocycles. The molecular weight excluding hydrogens is 359 g/mol. The standard InChI is InChI=1S/C17H21FN4O3S/c1-17(2,26(24,25)22-9-8-13(18)11-22)15(23)21-16-19-10-14(20-16)12-6-4-3-5-7-12/h3-7,10,13H,8-9,11H2,1-2H3,(H2,19,20,21,23). The van der Waals surface area contributed by atoms with E-state index >= 15 is 0 Å². The van der Waals surface area contributed by atoms with Crippen molar-refractivity contribution >= 4 is 21.9 Å². The van der Waals surface area contributed by atoms with Crippen LogP contribution in [0.4, 0.5) is 10.3 Å². The minimum absolute atomic E-state index is 0.0825. The number of hydrogen-bond acceptors (Lipinski definition) is 4. The summed E-state index contributed by atoms with van der Waals surface area (Å²) in [5.41, 5.74) is 1.58. The van der Waals surface area contributed by atoms with Crippen LogP contribution in [0.3, 0.4) is 0 Å². The van der Waals surface area contributed by atoms with Crippen molar-refractivity contribution in [2.75, 3.05) is 18.4 Å². The molecule has 1 aliphatic rings. The fraction of sp³-hybridized carbons (Fsp3) is 0.412. The highest BCUT2D eigenvalue weighted by Crippen LogP contribution is 2.27. The van der Waals surface area contributed by atoms with Crippen molar-refractivity contribution in [1.29, 1.82) is 0 Å². The van der Waals surface area contributed by atoms with Crippen LogP contribution in [0.1, 0.15) is 20.3 Å². The Hall–Kier alpha value is -2.26. The molecule has 1 saturated heterocycles. The van der Waals surface area contributed by atoms with Crippen LogP contribution in [0, 0.1) is 0 Å². The topological polar surface area (TPSA) is 95.2 Å². The third-order valence-corrected chi connectivity index (χ3v) is 7.00. The molecule has 3 rings (SSSR count). The van der Waals surface area contributed by atoms with Crippen LogP contribution in [0.2, 0.25) is 0 Å². The van der Waals surface area contributed by atoms with Gasteiger partial charge in [-0.3, -0.25) is 10.1 Å². The molecule has 2 aromatic rings. The van der Waals surface area contributed by atoms with E-state index in [1.165, 1.54) is 13.8 Å². The summed E-state index contributed by atoms with van der Waals surface area (Å²) < 4.78 is 38.1. The van der Waals surface area contributed by atoms with Crippen molar-refractivity contribution in [3.05, 3.63) is 36.5 Å². The van der Waals surface area contributed by atoms with Gasteiger partial charge >= 0.3 is 0 Å². The Labute approximate surface area is 151 Å². The molecule has 1 fully saturated rings. The monoisotopic (exact) mass is 380 g/mol. The van der Waals surface area contributed by atoms with E-state index in [-0.39, 0.29) is 25.5 Å². The molecule has 0 radical (unpaired) electrons. The molecule has 1 unspecified atom stereocenters. The maximum atomic E-state index is 13.4. The Balaban J connectivity index is 1.76. The maximum absolute atomic E-state index is 13.4. The van der Waals surface area contributed by atoms with Gasteiger partial charge in [0, 0.05) is 13.1 Å². The fourth-order valence-corrected chi connectivity index (χ4v) is 4.39. The van der Waals surface area contributed by atoms with Gasteiger partial charge in [-0.1, -0.05) is 30.3 Å². The number of halogens is 1. The molecule has 0 saturated carbocycles. The first-order valence-corrected chi connectivity index (χ1v) is 9.71. The van der Waals surface area contributed by atoms with Crippen molar-refractivity contribution in [2.24, 2.45) is 0 Å². The van der Waals surface area contributed by atoms with E-state index < -0.39 is 26.8 Å². The summed E-state index contributed by atoms with van der Waals surface area (Å²) in [5, 5.41) is 2.51. The molecule has 1 atom stereocenters. The first-order valence-electron chi connectivity index (χ1n) is 8.27. The second-order valence-corrected chi connectivity index (χ2v) is 9.21. The zero-order valence-electron chi connectivity index (χ0n) is 14.6. The SMILES string of the molecule is CC(C)(C(=O)Nc1ncc(-c2ccccc2)[nH]1)S(=O)(=O)N1CCC(F)C1. The van der Waals surface area contributed by atoms with E-state index in [0.29, 0.717) is 5.69 Å². The normalized spacial score (nSPS) is 18.8. The predicted octanol–water partition coefficient (Wildman–Crippen LogP) is 2.17. The Bertz CT molecular complexity index is 896. The van der Waals surface area contributed by atoms with Gasteiger partial charge in [-0.05, 0) is 25.8 Å². The maximum Gasteiger partial charge on any atom is 0.248 e. The Morgan fingerprint density at radius 3 is 2.65 bits per heavy atom. The number of nitrogens with zero attached hydrogens (tertiary/aromatic N) is 2. The second-order valence-electron chi connectivity index (χ2n) is 6.72. The number of H-pyrrole nitrogens is 1. The van der Waals surface area contributed by atoms with Gasteiger partial charge in [-0.2, -0.15) is 4.31 Å². The number of nitrogens with one attached hydrogen (secondary N) is 2. The van der Waals surface area contributed by atoms with Crippen molar-refractivity contribution in [3.63, 3.8) is 0 Å². The molecule has 2 heterocycles. The average molecular weight is 380 g/mol. The molecule has 0 spiro atoms. The van der Waals surface area contributed by atoms with Gasteiger partial charge in [-0.25, -0.2) is 17.8 Å². The highest BCUT2D eigenvalue weighted by Gasteiger charge is 2.47. The van der Waals surface area contributed by atoms with Crippen LogP contribution in [0.25, 0.3) is 11.3 Å². The molecule has 0 bridgehead atoms. The van der Waals surface area contributed by atoms with Crippen LogP contribution in [0.15, 0.2) is 36.5 Å². The number of anilines is 1. The first-order chi connectivity index (χ1) is 12.2. The summed E-state index contributed by atoms with van der Waals surface area (Å²) in [6.07, 6.45) is 0.512. The lowest BCUT2D eigenvalue weighted by molar-refractivity contribution is -0.118. The van der Waals surface area contributed by atoms with Gasteiger partial charge in [-0.15, -0.1) is 0 Å². The van der Waals surface area contributed by atoms with Crippen molar-refractivity contribution in [1.82, 2.24) is 14.3 Å². The second kappa shape index (κ2) is 6.81. The van der Waals surface area contributed by atoms with Crippen molar-refractivity contribution < 1.29 is 17.6 Å². The summed E-state index contributed by atoms with van der Waals surface area (Å²) in [4.78, 5) is 19.6. The lowest BCUT2D eigenvalue weighted by atomic mass is 10.2. The molecule has 1 aliphatic heterocycles. The number of aromatic amines is 1. The Morgan fingerprint density at radius 1 is 1.35 bits per heavy atom. The van der Waals surface area contributed by atoms with Gasteiger partial charge in [0.2, 0.25) is 21.9 Å². The molecular formula is C17H21FN4O3S. The van der Waals surface area contributed by atoms with E-state index in [4.69, 9.17) is 0 Å². The van der Waals surface area contributed by atoms with E-state index in [2.05, 4.69) is 15.3 Å². The van der Waals surface area contributed by atoms with Gasteiger partial charge in [0.25, 0.3) is 0 Å². The van der Waals surface area contributed by atoms with Gasteiger partial charge < -0.3 is 4.98 Å². The van der Waals surface area contributed by atoms with Crippen LogP contribution in [-0.2, 0) is 14.8 Å². The molecule has 9 heteroatoms. The quantitative estimate of drug-likeness (QED) is 0.831.